The van der Waals surface area contributed by atoms with Crippen LogP contribution < -0.4 is 11.1 Å². The van der Waals surface area contributed by atoms with Crippen LogP contribution in [0, 0.1) is 0 Å². The first kappa shape index (κ1) is 13.3. The topological polar surface area (TPSA) is 88.0 Å². The second kappa shape index (κ2) is 5.67. The van der Waals surface area contributed by atoms with E-state index in [1.807, 2.05) is 30.5 Å². The van der Waals surface area contributed by atoms with Gasteiger partial charge < -0.3 is 20.8 Å². The van der Waals surface area contributed by atoms with Crippen LogP contribution in [0.1, 0.15) is 12.5 Å². The number of rotatable bonds is 5. The summed E-state index contributed by atoms with van der Waals surface area (Å²) in [4.78, 5) is 25.7. The molecule has 5 heteroatoms. The van der Waals surface area contributed by atoms with E-state index in [0.29, 0.717) is 6.42 Å². The van der Waals surface area contributed by atoms with Gasteiger partial charge in [-0.15, -0.1) is 0 Å². The molecule has 5 nitrogen and oxygen atoms in total. The Morgan fingerprint density at radius 1 is 1.47 bits per heavy atom. The maximum absolute atomic E-state index is 11.5. The van der Waals surface area contributed by atoms with Crippen LogP contribution in [-0.2, 0) is 16.0 Å². The van der Waals surface area contributed by atoms with Gasteiger partial charge >= 0.3 is 0 Å². The number of aromatic amines is 1. The van der Waals surface area contributed by atoms with Crippen molar-refractivity contribution >= 4 is 23.1 Å². The van der Waals surface area contributed by atoms with Gasteiger partial charge in [-0.1, -0.05) is 18.2 Å². The third-order valence-corrected chi connectivity index (χ3v) is 3.02. The Kier molecular flexibility index (Phi) is 3.97. The molecule has 2 atom stereocenters. The molecule has 0 radical (unpaired) electrons. The number of fused-ring (bicyclic) bond motifs is 1. The van der Waals surface area contributed by atoms with Crippen molar-refractivity contribution in [3.8, 4) is 0 Å². The zero-order chi connectivity index (χ0) is 13.8. The maximum atomic E-state index is 11.5. The molecule has 100 valence electrons. The number of hydrogen-bond donors (Lipinski definition) is 3. The lowest BCUT2D eigenvalue weighted by molar-refractivity contribution is -0.124. The summed E-state index contributed by atoms with van der Waals surface area (Å²) < 4.78 is 0. The zero-order valence-corrected chi connectivity index (χ0v) is 10.7. The lowest BCUT2D eigenvalue weighted by atomic mass is 10.1. The minimum absolute atomic E-state index is 0.322. The van der Waals surface area contributed by atoms with Gasteiger partial charge in [0.05, 0.1) is 12.1 Å². The Morgan fingerprint density at radius 3 is 2.89 bits per heavy atom. The molecule has 0 fully saturated rings. The quantitative estimate of drug-likeness (QED) is 0.692. The molecule has 0 unspecified atom stereocenters. The van der Waals surface area contributed by atoms with Gasteiger partial charge in [-0.2, -0.15) is 0 Å². The van der Waals surface area contributed by atoms with Crippen LogP contribution in [0.4, 0.5) is 0 Å². The fourth-order valence-corrected chi connectivity index (χ4v) is 1.98. The minimum Gasteiger partial charge on any atom is -0.361 e. The van der Waals surface area contributed by atoms with Crippen molar-refractivity contribution in [1.29, 1.82) is 0 Å². The van der Waals surface area contributed by atoms with E-state index in [9.17, 15) is 9.59 Å². The van der Waals surface area contributed by atoms with Crippen LogP contribution in [0.15, 0.2) is 30.5 Å². The number of para-hydroxylation sites is 1. The predicted octanol–water partition coefficient (Wildman–Crippen LogP) is 0.741. The largest absolute Gasteiger partial charge is 0.361 e. The van der Waals surface area contributed by atoms with Crippen molar-refractivity contribution in [2.45, 2.75) is 25.4 Å². The molecular formula is C14H17N3O2. The van der Waals surface area contributed by atoms with Crippen molar-refractivity contribution in [3.63, 3.8) is 0 Å². The molecule has 4 N–H and O–H groups in total. The molecule has 1 aromatic carbocycles. The number of benzene rings is 1. The first-order chi connectivity index (χ1) is 9.11. The minimum atomic E-state index is -0.620. The van der Waals surface area contributed by atoms with E-state index in [1.54, 1.807) is 6.92 Å². The molecule has 0 aliphatic rings. The molecule has 0 aliphatic carbocycles. The molecule has 0 bridgehead atoms. The summed E-state index contributed by atoms with van der Waals surface area (Å²) in [6.07, 6.45) is 3.05. The van der Waals surface area contributed by atoms with Crippen molar-refractivity contribution < 1.29 is 9.59 Å². The smallest absolute Gasteiger partial charge is 0.237 e. The Balaban J connectivity index is 2.14. The zero-order valence-electron chi connectivity index (χ0n) is 10.7. The third kappa shape index (κ3) is 3.00. The predicted molar refractivity (Wildman–Crippen MR) is 73.6 cm³/mol. The SMILES string of the molecule is C[C@@H](N)C(=O)N[C@@H](C=O)Cc1c[nH]c2ccccc12. The van der Waals surface area contributed by atoms with Gasteiger partial charge in [0.2, 0.25) is 5.91 Å². The number of amides is 1. The number of H-pyrrole nitrogens is 1. The summed E-state index contributed by atoms with van der Waals surface area (Å²) in [5.74, 6) is -0.322. The standard InChI is InChI=1S/C14H17N3O2/c1-9(15)14(19)17-11(8-18)6-10-7-16-13-5-3-2-4-12(10)13/h2-5,7-9,11,16H,6,15H2,1H3,(H,17,19)/t9-,11-/m1/s1. The van der Waals surface area contributed by atoms with Crippen LogP contribution in [0.3, 0.4) is 0 Å². The van der Waals surface area contributed by atoms with E-state index in [0.717, 1.165) is 22.8 Å². The molecule has 2 rings (SSSR count). The van der Waals surface area contributed by atoms with Crippen molar-refractivity contribution in [2.24, 2.45) is 5.73 Å². The molecule has 1 aromatic heterocycles. The highest BCUT2D eigenvalue weighted by Crippen LogP contribution is 2.18. The second-order valence-electron chi connectivity index (χ2n) is 4.60. The average molecular weight is 259 g/mol. The van der Waals surface area contributed by atoms with Gasteiger partial charge in [0.15, 0.2) is 0 Å². The number of nitrogens with one attached hydrogen (secondary N) is 2. The first-order valence-corrected chi connectivity index (χ1v) is 6.18. The lowest BCUT2D eigenvalue weighted by Crippen LogP contribution is -2.45. The van der Waals surface area contributed by atoms with E-state index in [1.165, 1.54) is 0 Å². The molecule has 19 heavy (non-hydrogen) atoms. The highest BCUT2D eigenvalue weighted by atomic mass is 16.2. The molecular weight excluding hydrogens is 242 g/mol. The number of hydrogen-bond acceptors (Lipinski definition) is 3. The number of carbonyl (C=O) groups excluding carboxylic acids is 2. The molecule has 0 saturated heterocycles. The van der Waals surface area contributed by atoms with Crippen molar-refractivity contribution in [2.75, 3.05) is 0 Å². The maximum Gasteiger partial charge on any atom is 0.237 e. The Bertz CT molecular complexity index is 589. The van der Waals surface area contributed by atoms with E-state index < -0.39 is 12.1 Å². The summed E-state index contributed by atoms with van der Waals surface area (Å²) >= 11 is 0. The first-order valence-electron chi connectivity index (χ1n) is 6.18. The molecule has 0 saturated carbocycles. The normalized spacial score (nSPS) is 14.0. The molecule has 2 aromatic rings. The van der Waals surface area contributed by atoms with Crippen molar-refractivity contribution in [3.05, 3.63) is 36.0 Å². The second-order valence-corrected chi connectivity index (χ2v) is 4.60. The van der Waals surface area contributed by atoms with E-state index in [2.05, 4.69) is 10.3 Å². The van der Waals surface area contributed by atoms with Crippen molar-refractivity contribution in [1.82, 2.24) is 10.3 Å². The Morgan fingerprint density at radius 2 is 2.21 bits per heavy atom. The summed E-state index contributed by atoms with van der Waals surface area (Å²) in [5, 5.41) is 3.68. The highest BCUT2D eigenvalue weighted by molar-refractivity contribution is 5.85. The molecule has 1 amide bonds. The van der Waals surface area contributed by atoms with Gasteiger partial charge in [-0.3, -0.25) is 4.79 Å². The van der Waals surface area contributed by atoms with E-state index in [-0.39, 0.29) is 5.91 Å². The summed E-state index contributed by atoms with van der Waals surface area (Å²) in [6, 6.07) is 6.66. The number of aldehydes is 1. The number of nitrogens with two attached hydrogens (primary N) is 1. The molecule has 1 heterocycles. The van der Waals surface area contributed by atoms with Gasteiger partial charge in [-0.05, 0) is 18.6 Å². The van der Waals surface area contributed by atoms with Crippen LogP contribution in [0.5, 0.6) is 0 Å². The highest BCUT2D eigenvalue weighted by Gasteiger charge is 2.16. The van der Waals surface area contributed by atoms with Crippen LogP contribution in [-0.4, -0.2) is 29.3 Å². The fourth-order valence-electron chi connectivity index (χ4n) is 1.98. The van der Waals surface area contributed by atoms with Crippen LogP contribution in [0.25, 0.3) is 10.9 Å². The van der Waals surface area contributed by atoms with Crippen LogP contribution in [0.2, 0.25) is 0 Å². The van der Waals surface area contributed by atoms with E-state index >= 15 is 0 Å². The van der Waals surface area contributed by atoms with Crippen LogP contribution >= 0.6 is 0 Å². The molecule has 0 aliphatic heterocycles. The lowest BCUT2D eigenvalue weighted by Gasteiger charge is -2.14. The Hall–Kier alpha value is -2.14. The number of aromatic nitrogens is 1. The summed E-state index contributed by atoms with van der Waals surface area (Å²) in [7, 11) is 0. The van der Waals surface area contributed by atoms with Gasteiger partial charge in [0, 0.05) is 23.5 Å². The Labute approximate surface area is 111 Å². The summed E-state index contributed by atoms with van der Waals surface area (Å²) in [6.45, 7) is 1.59. The summed E-state index contributed by atoms with van der Waals surface area (Å²) in [5.41, 5.74) is 7.48. The third-order valence-electron chi connectivity index (χ3n) is 3.02. The van der Waals surface area contributed by atoms with E-state index in [4.69, 9.17) is 5.73 Å². The average Bonchev–Trinajstić information content (AvgIpc) is 2.81. The fraction of sp³-hybridized carbons (Fsp3) is 0.286. The molecule has 0 spiro atoms. The monoisotopic (exact) mass is 259 g/mol. The number of carbonyl (C=O) groups is 2. The van der Waals surface area contributed by atoms with Gasteiger partial charge in [0.25, 0.3) is 0 Å². The van der Waals surface area contributed by atoms with Gasteiger partial charge in [-0.25, -0.2) is 0 Å². The van der Waals surface area contributed by atoms with Gasteiger partial charge in [0.1, 0.15) is 6.29 Å².